The molecule has 1 fully saturated rings. The Hall–Kier alpha value is -0.820. The van der Waals surface area contributed by atoms with Crippen LogP contribution >= 0.6 is 0 Å². The minimum absolute atomic E-state index is 0.408. The molecule has 1 aromatic carbocycles. The Bertz CT molecular complexity index is 383. The van der Waals surface area contributed by atoms with Gasteiger partial charge >= 0.3 is 0 Å². The van der Waals surface area contributed by atoms with Crippen LogP contribution in [0, 0.1) is 25.7 Å². The Balaban J connectivity index is 2.11. The standard InChI is InChI=1S/C16H25N/c1-11-4-6-13(3)14(8-11)10-15-9-12(2)5-7-16(15)17/h4,6,8,12,15-16H,5,7,9-10,17H2,1-3H3. The van der Waals surface area contributed by atoms with Gasteiger partial charge in [0.05, 0.1) is 0 Å². The van der Waals surface area contributed by atoms with Gasteiger partial charge in [-0.05, 0) is 62.5 Å². The Labute approximate surface area is 105 Å². The summed E-state index contributed by atoms with van der Waals surface area (Å²) in [6.45, 7) is 6.75. The molecule has 1 nitrogen and oxygen atoms in total. The molecule has 94 valence electrons. The molecular formula is C16H25N. The third-order valence-electron chi connectivity index (χ3n) is 4.29. The quantitative estimate of drug-likeness (QED) is 0.826. The van der Waals surface area contributed by atoms with Gasteiger partial charge in [-0.1, -0.05) is 30.7 Å². The minimum atomic E-state index is 0.408. The Morgan fingerprint density at radius 2 is 2.00 bits per heavy atom. The Morgan fingerprint density at radius 1 is 1.24 bits per heavy atom. The number of aryl methyl sites for hydroxylation is 2. The van der Waals surface area contributed by atoms with Crippen LogP contribution in [0.3, 0.4) is 0 Å². The molecule has 0 amide bonds. The zero-order valence-electron chi connectivity index (χ0n) is 11.4. The molecule has 1 saturated carbocycles. The summed E-state index contributed by atoms with van der Waals surface area (Å²) in [5, 5.41) is 0. The van der Waals surface area contributed by atoms with Crippen LogP contribution in [0.15, 0.2) is 18.2 Å². The van der Waals surface area contributed by atoms with Gasteiger partial charge in [-0.15, -0.1) is 0 Å². The molecule has 1 aliphatic rings. The Kier molecular flexibility index (Phi) is 3.88. The van der Waals surface area contributed by atoms with Crippen LogP contribution in [0.1, 0.15) is 42.9 Å². The molecule has 1 aromatic rings. The molecule has 2 rings (SSSR count). The normalized spacial score (nSPS) is 29.3. The fraction of sp³-hybridized carbons (Fsp3) is 0.625. The molecule has 17 heavy (non-hydrogen) atoms. The highest BCUT2D eigenvalue weighted by Gasteiger charge is 2.26. The van der Waals surface area contributed by atoms with Gasteiger partial charge in [-0.2, -0.15) is 0 Å². The highest BCUT2D eigenvalue weighted by atomic mass is 14.7. The van der Waals surface area contributed by atoms with Gasteiger partial charge in [0.25, 0.3) is 0 Å². The van der Waals surface area contributed by atoms with E-state index in [2.05, 4.69) is 39.0 Å². The van der Waals surface area contributed by atoms with Crippen molar-refractivity contribution in [3.8, 4) is 0 Å². The second-order valence-electron chi connectivity index (χ2n) is 5.98. The summed E-state index contributed by atoms with van der Waals surface area (Å²) in [5.74, 6) is 1.53. The molecule has 3 unspecified atom stereocenters. The molecule has 1 heteroatoms. The van der Waals surface area contributed by atoms with Crippen molar-refractivity contribution < 1.29 is 0 Å². The van der Waals surface area contributed by atoms with E-state index in [1.165, 1.54) is 42.4 Å². The van der Waals surface area contributed by atoms with Crippen molar-refractivity contribution in [3.05, 3.63) is 34.9 Å². The molecule has 0 aliphatic heterocycles. The molecule has 0 bridgehead atoms. The lowest BCUT2D eigenvalue weighted by atomic mass is 9.76. The fourth-order valence-electron chi connectivity index (χ4n) is 3.06. The van der Waals surface area contributed by atoms with Crippen molar-refractivity contribution in [2.75, 3.05) is 0 Å². The average molecular weight is 231 g/mol. The van der Waals surface area contributed by atoms with Crippen LogP contribution < -0.4 is 5.73 Å². The maximum atomic E-state index is 6.28. The second-order valence-corrected chi connectivity index (χ2v) is 5.98. The first-order chi connectivity index (χ1) is 8.06. The van der Waals surface area contributed by atoms with E-state index in [1.54, 1.807) is 0 Å². The largest absolute Gasteiger partial charge is 0.327 e. The number of hydrogen-bond acceptors (Lipinski definition) is 1. The highest BCUT2D eigenvalue weighted by Crippen LogP contribution is 2.31. The number of rotatable bonds is 2. The van der Waals surface area contributed by atoms with Crippen molar-refractivity contribution in [2.24, 2.45) is 17.6 Å². The molecule has 0 saturated heterocycles. The van der Waals surface area contributed by atoms with Gasteiger partial charge in [0, 0.05) is 6.04 Å². The van der Waals surface area contributed by atoms with E-state index in [0.29, 0.717) is 12.0 Å². The van der Waals surface area contributed by atoms with E-state index in [-0.39, 0.29) is 0 Å². The van der Waals surface area contributed by atoms with Crippen molar-refractivity contribution in [1.29, 1.82) is 0 Å². The van der Waals surface area contributed by atoms with Crippen LogP contribution in [0.5, 0.6) is 0 Å². The van der Waals surface area contributed by atoms with E-state index in [0.717, 1.165) is 5.92 Å². The molecule has 0 aromatic heterocycles. The maximum absolute atomic E-state index is 6.28. The van der Waals surface area contributed by atoms with Gasteiger partial charge in [-0.3, -0.25) is 0 Å². The highest BCUT2D eigenvalue weighted by molar-refractivity contribution is 5.31. The first kappa shape index (κ1) is 12.6. The summed E-state index contributed by atoms with van der Waals surface area (Å²) in [6.07, 6.45) is 4.98. The molecule has 2 N–H and O–H groups in total. The van der Waals surface area contributed by atoms with Gasteiger partial charge in [-0.25, -0.2) is 0 Å². The zero-order chi connectivity index (χ0) is 12.4. The minimum Gasteiger partial charge on any atom is -0.327 e. The lowest BCUT2D eigenvalue weighted by molar-refractivity contribution is 0.244. The fourth-order valence-corrected chi connectivity index (χ4v) is 3.06. The van der Waals surface area contributed by atoms with Crippen LogP contribution in [-0.2, 0) is 6.42 Å². The van der Waals surface area contributed by atoms with Crippen LogP contribution in [0.25, 0.3) is 0 Å². The monoisotopic (exact) mass is 231 g/mol. The van der Waals surface area contributed by atoms with Crippen molar-refractivity contribution in [1.82, 2.24) is 0 Å². The molecule has 0 heterocycles. The van der Waals surface area contributed by atoms with E-state index in [9.17, 15) is 0 Å². The molecule has 0 radical (unpaired) electrons. The SMILES string of the molecule is Cc1ccc(C)c(CC2CC(C)CCC2N)c1. The summed E-state index contributed by atoms with van der Waals surface area (Å²) in [7, 11) is 0. The van der Waals surface area contributed by atoms with E-state index in [4.69, 9.17) is 5.73 Å². The van der Waals surface area contributed by atoms with E-state index in [1.807, 2.05) is 0 Å². The summed E-state index contributed by atoms with van der Waals surface area (Å²) < 4.78 is 0. The van der Waals surface area contributed by atoms with Crippen LogP contribution in [0.4, 0.5) is 0 Å². The summed E-state index contributed by atoms with van der Waals surface area (Å²) in [6, 6.07) is 7.18. The smallest absolute Gasteiger partial charge is 0.00705 e. The maximum Gasteiger partial charge on any atom is 0.00705 e. The van der Waals surface area contributed by atoms with Crippen molar-refractivity contribution >= 4 is 0 Å². The summed E-state index contributed by atoms with van der Waals surface area (Å²) in [5.41, 5.74) is 10.6. The predicted octanol–water partition coefficient (Wildman–Crippen LogP) is 3.61. The second kappa shape index (κ2) is 5.22. The predicted molar refractivity (Wildman–Crippen MR) is 74.1 cm³/mol. The number of nitrogens with two attached hydrogens (primary N) is 1. The third-order valence-corrected chi connectivity index (χ3v) is 4.29. The van der Waals surface area contributed by atoms with Gasteiger partial charge < -0.3 is 5.73 Å². The van der Waals surface area contributed by atoms with E-state index >= 15 is 0 Å². The average Bonchev–Trinajstić information content (AvgIpc) is 2.28. The lowest BCUT2D eigenvalue weighted by Gasteiger charge is -2.33. The third kappa shape index (κ3) is 3.10. The van der Waals surface area contributed by atoms with Gasteiger partial charge in [0.2, 0.25) is 0 Å². The van der Waals surface area contributed by atoms with Crippen LogP contribution in [-0.4, -0.2) is 6.04 Å². The van der Waals surface area contributed by atoms with E-state index < -0.39 is 0 Å². The van der Waals surface area contributed by atoms with Crippen molar-refractivity contribution in [3.63, 3.8) is 0 Å². The van der Waals surface area contributed by atoms with Gasteiger partial charge in [0.1, 0.15) is 0 Å². The molecule has 3 atom stereocenters. The Morgan fingerprint density at radius 3 is 2.76 bits per heavy atom. The topological polar surface area (TPSA) is 26.0 Å². The molecular weight excluding hydrogens is 206 g/mol. The first-order valence-electron chi connectivity index (χ1n) is 6.88. The lowest BCUT2D eigenvalue weighted by Crippen LogP contribution is -2.36. The molecule has 0 spiro atoms. The number of hydrogen-bond donors (Lipinski definition) is 1. The van der Waals surface area contributed by atoms with Gasteiger partial charge in [0.15, 0.2) is 0 Å². The molecule has 1 aliphatic carbocycles. The zero-order valence-corrected chi connectivity index (χ0v) is 11.4. The van der Waals surface area contributed by atoms with Crippen LogP contribution in [0.2, 0.25) is 0 Å². The first-order valence-corrected chi connectivity index (χ1v) is 6.88. The number of benzene rings is 1. The summed E-state index contributed by atoms with van der Waals surface area (Å²) in [4.78, 5) is 0. The van der Waals surface area contributed by atoms with Crippen molar-refractivity contribution in [2.45, 2.75) is 52.5 Å². The summed E-state index contributed by atoms with van der Waals surface area (Å²) >= 11 is 0.